The molecule has 32 heavy (non-hydrogen) atoms. The summed E-state index contributed by atoms with van der Waals surface area (Å²) in [6, 6.07) is 15.2. The number of fused-ring (bicyclic) bond motifs is 3. The highest BCUT2D eigenvalue weighted by atomic mass is 16.5. The maximum absolute atomic E-state index is 12.1. The summed E-state index contributed by atoms with van der Waals surface area (Å²) in [5.41, 5.74) is 4.64. The van der Waals surface area contributed by atoms with Gasteiger partial charge >= 0.3 is 12.1 Å². The number of hydrogen-bond donors (Lipinski definition) is 3. The first kappa shape index (κ1) is 22.9. The highest BCUT2D eigenvalue weighted by molar-refractivity contribution is 5.83. The van der Waals surface area contributed by atoms with Crippen LogP contribution in [-0.4, -0.2) is 42.3 Å². The van der Waals surface area contributed by atoms with Gasteiger partial charge in [0.25, 0.3) is 0 Å². The van der Waals surface area contributed by atoms with Crippen molar-refractivity contribution in [3.05, 3.63) is 59.7 Å². The largest absolute Gasteiger partial charge is 0.480 e. The Kier molecular flexibility index (Phi) is 7.87. The minimum Gasteiger partial charge on any atom is -0.480 e. The molecule has 0 saturated heterocycles. The van der Waals surface area contributed by atoms with E-state index >= 15 is 0 Å². The third kappa shape index (κ3) is 5.67. The predicted molar refractivity (Wildman–Crippen MR) is 120 cm³/mol. The lowest BCUT2D eigenvalue weighted by Crippen LogP contribution is -2.40. The van der Waals surface area contributed by atoms with Gasteiger partial charge in [0.05, 0.1) is 0 Å². The summed E-state index contributed by atoms with van der Waals surface area (Å²) < 4.78 is 5.46. The Morgan fingerprint density at radius 1 is 1.03 bits per heavy atom. The molecule has 0 heterocycles. The minimum atomic E-state index is -1.16. The second-order valence-corrected chi connectivity index (χ2v) is 7.58. The molecule has 0 aliphatic heterocycles. The standard InChI is InChI=1S/C25H26N2O5/c1-2-9-22(24(29)30)27-23(28)14-7-8-15-26-25(31)32-16-21-19-12-5-3-10-17(19)18-11-4-6-13-20(18)21/h1,3-6,10-13,21-22H,7-9,14-16H2,(H,26,31)(H,27,28)(H,29,30). The Labute approximate surface area is 187 Å². The van der Waals surface area contributed by atoms with Crippen LogP contribution in [0.1, 0.15) is 42.7 Å². The van der Waals surface area contributed by atoms with E-state index in [4.69, 9.17) is 16.3 Å². The van der Waals surface area contributed by atoms with E-state index in [9.17, 15) is 14.4 Å². The molecule has 3 N–H and O–H groups in total. The van der Waals surface area contributed by atoms with E-state index in [-0.39, 0.29) is 31.3 Å². The number of carboxylic acids is 1. The monoisotopic (exact) mass is 434 g/mol. The molecule has 1 unspecified atom stereocenters. The number of carboxylic acid groups (broad SMARTS) is 1. The van der Waals surface area contributed by atoms with Crippen molar-refractivity contribution < 1.29 is 24.2 Å². The lowest BCUT2D eigenvalue weighted by Gasteiger charge is -2.14. The van der Waals surface area contributed by atoms with Gasteiger partial charge in [-0.25, -0.2) is 9.59 Å². The molecule has 1 aliphatic rings. The molecule has 0 spiro atoms. The molecule has 7 heteroatoms. The van der Waals surface area contributed by atoms with Crippen molar-refractivity contribution >= 4 is 18.0 Å². The topological polar surface area (TPSA) is 105 Å². The number of aliphatic carboxylic acids is 1. The van der Waals surface area contributed by atoms with E-state index in [0.29, 0.717) is 19.4 Å². The summed E-state index contributed by atoms with van der Waals surface area (Å²) in [4.78, 5) is 34.9. The number of nitrogens with one attached hydrogen (secondary N) is 2. The Morgan fingerprint density at radius 2 is 1.66 bits per heavy atom. The predicted octanol–water partition coefficient (Wildman–Crippen LogP) is 3.29. The van der Waals surface area contributed by atoms with Crippen LogP contribution in [0.15, 0.2) is 48.5 Å². The fourth-order valence-corrected chi connectivity index (χ4v) is 3.83. The van der Waals surface area contributed by atoms with Gasteiger partial charge in [0.15, 0.2) is 0 Å². The van der Waals surface area contributed by atoms with Crippen molar-refractivity contribution in [1.29, 1.82) is 0 Å². The van der Waals surface area contributed by atoms with E-state index < -0.39 is 18.1 Å². The summed E-state index contributed by atoms with van der Waals surface area (Å²) in [7, 11) is 0. The Bertz CT molecular complexity index is 981. The summed E-state index contributed by atoms with van der Waals surface area (Å²) >= 11 is 0. The van der Waals surface area contributed by atoms with E-state index in [2.05, 4.69) is 40.8 Å². The van der Waals surface area contributed by atoms with Crippen LogP contribution in [0.25, 0.3) is 11.1 Å². The number of unbranched alkanes of at least 4 members (excludes halogenated alkanes) is 1. The van der Waals surface area contributed by atoms with E-state index in [1.807, 2.05) is 24.3 Å². The lowest BCUT2D eigenvalue weighted by atomic mass is 9.98. The summed E-state index contributed by atoms with van der Waals surface area (Å²) in [6.45, 7) is 0.602. The van der Waals surface area contributed by atoms with Gasteiger partial charge in [0.1, 0.15) is 12.6 Å². The number of benzene rings is 2. The van der Waals surface area contributed by atoms with E-state index in [1.165, 1.54) is 11.1 Å². The first-order valence-corrected chi connectivity index (χ1v) is 10.6. The normalized spacial score (nSPS) is 12.7. The van der Waals surface area contributed by atoms with Gasteiger partial charge in [-0.15, -0.1) is 12.3 Å². The zero-order valence-electron chi connectivity index (χ0n) is 17.7. The van der Waals surface area contributed by atoms with Crippen molar-refractivity contribution in [2.45, 2.75) is 37.6 Å². The zero-order valence-corrected chi connectivity index (χ0v) is 17.7. The van der Waals surface area contributed by atoms with Gasteiger partial charge in [-0.05, 0) is 35.1 Å². The molecule has 7 nitrogen and oxygen atoms in total. The number of amides is 2. The maximum atomic E-state index is 12.1. The summed E-state index contributed by atoms with van der Waals surface area (Å²) in [5, 5.41) is 14.1. The molecule has 0 bridgehead atoms. The van der Waals surface area contributed by atoms with Crippen molar-refractivity contribution in [3.8, 4) is 23.5 Å². The molecule has 1 aliphatic carbocycles. The minimum absolute atomic E-state index is 0.00189. The molecule has 0 fully saturated rings. The highest BCUT2D eigenvalue weighted by Gasteiger charge is 2.28. The molecule has 1 atom stereocenters. The number of ether oxygens (including phenoxy) is 1. The Balaban J connectivity index is 1.38. The van der Waals surface area contributed by atoms with Crippen LogP contribution in [0.4, 0.5) is 4.79 Å². The third-order valence-corrected chi connectivity index (χ3v) is 5.40. The fraction of sp³-hybridized carbons (Fsp3) is 0.320. The van der Waals surface area contributed by atoms with Crippen LogP contribution >= 0.6 is 0 Å². The Morgan fingerprint density at radius 3 is 2.25 bits per heavy atom. The van der Waals surface area contributed by atoms with E-state index in [0.717, 1.165) is 11.1 Å². The third-order valence-electron chi connectivity index (χ3n) is 5.40. The first-order valence-electron chi connectivity index (χ1n) is 10.6. The Hall–Kier alpha value is -3.79. The van der Waals surface area contributed by atoms with Gasteiger partial charge in [-0.3, -0.25) is 4.79 Å². The molecule has 0 saturated carbocycles. The second-order valence-electron chi connectivity index (χ2n) is 7.58. The molecule has 2 aromatic carbocycles. The van der Waals surface area contributed by atoms with Gasteiger partial charge in [0, 0.05) is 25.3 Å². The van der Waals surface area contributed by atoms with Crippen LogP contribution in [0.2, 0.25) is 0 Å². The van der Waals surface area contributed by atoms with E-state index in [1.54, 1.807) is 0 Å². The molecule has 2 aromatic rings. The highest BCUT2D eigenvalue weighted by Crippen LogP contribution is 2.44. The average molecular weight is 434 g/mol. The van der Waals surface area contributed by atoms with Gasteiger partial charge in [-0.1, -0.05) is 48.5 Å². The van der Waals surface area contributed by atoms with Crippen molar-refractivity contribution in [3.63, 3.8) is 0 Å². The molecule has 2 amide bonds. The molecule has 0 radical (unpaired) electrons. The number of carbonyl (C=O) groups excluding carboxylic acids is 2. The molecular weight excluding hydrogens is 408 g/mol. The summed E-state index contributed by atoms with van der Waals surface area (Å²) in [5.74, 6) is 0.692. The fourth-order valence-electron chi connectivity index (χ4n) is 3.83. The molecule has 0 aromatic heterocycles. The number of carbonyl (C=O) groups is 3. The number of rotatable bonds is 10. The zero-order chi connectivity index (χ0) is 22.9. The average Bonchev–Trinajstić information content (AvgIpc) is 3.11. The van der Waals surface area contributed by atoms with Crippen LogP contribution in [0.5, 0.6) is 0 Å². The second kappa shape index (κ2) is 11.0. The molecular formula is C25H26N2O5. The van der Waals surface area contributed by atoms with Crippen LogP contribution in [-0.2, 0) is 14.3 Å². The van der Waals surface area contributed by atoms with Crippen LogP contribution < -0.4 is 10.6 Å². The lowest BCUT2D eigenvalue weighted by molar-refractivity contribution is -0.141. The molecule has 166 valence electrons. The van der Waals surface area contributed by atoms with Crippen molar-refractivity contribution in [2.75, 3.05) is 13.2 Å². The number of alkyl carbamates (subject to hydrolysis) is 1. The number of terminal acetylenes is 1. The number of hydrogen-bond acceptors (Lipinski definition) is 4. The van der Waals surface area contributed by atoms with Crippen LogP contribution in [0.3, 0.4) is 0 Å². The SMILES string of the molecule is C#CCC(NC(=O)CCCCNC(=O)OCC1c2ccccc2-c2ccccc21)C(=O)O. The maximum Gasteiger partial charge on any atom is 0.407 e. The quantitative estimate of drug-likeness (QED) is 0.393. The van der Waals surface area contributed by atoms with Gasteiger partial charge < -0.3 is 20.5 Å². The smallest absolute Gasteiger partial charge is 0.407 e. The summed E-state index contributed by atoms with van der Waals surface area (Å²) in [6.07, 6.45) is 5.75. The van der Waals surface area contributed by atoms with Crippen molar-refractivity contribution in [2.24, 2.45) is 0 Å². The van der Waals surface area contributed by atoms with Crippen LogP contribution in [0, 0.1) is 12.3 Å². The van der Waals surface area contributed by atoms with Gasteiger partial charge in [-0.2, -0.15) is 0 Å². The van der Waals surface area contributed by atoms with Crippen molar-refractivity contribution in [1.82, 2.24) is 10.6 Å². The molecule has 3 rings (SSSR count). The van der Waals surface area contributed by atoms with Gasteiger partial charge in [0.2, 0.25) is 5.91 Å². The first-order chi connectivity index (χ1) is 15.5.